The highest BCUT2D eigenvalue weighted by molar-refractivity contribution is 6.36. The van der Waals surface area contributed by atoms with Gasteiger partial charge in [0.1, 0.15) is 6.04 Å². The Morgan fingerprint density at radius 2 is 1.61 bits per heavy atom. The van der Waals surface area contributed by atoms with Gasteiger partial charge >= 0.3 is 0 Å². The molecule has 1 atom stereocenters. The number of benzene rings is 2. The summed E-state index contributed by atoms with van der Waals surface area (Å²) in [6.07, 6.45) is -0.0492. The molecule has 1 aliphatic heterocycles. The topological polar surface area (TPSA) is 74.8 Å². The number of ketones is 1. The number of halogens is 2. The number of hydrazine groups is 1. The predicted octanol–water partition coefficient (Wildman–Crippen LogP) is 3.77. The molecule has 1 fully saturated rings. The number of hydrogen-bond acceptors (Lipinski definition) is 4. The van der Waals surface area contributed by atoms with E-state index in [1.807, 2.05) is 0 Å². The molecule has 0 radical (unpaired) electrons. The Labute approximate surface area is 171 Å². The van der Waals surface area contributed by atoms with Crippen molar-refractivity contribution in [1.82, 2.24) is 10.0 Å². The normalized spacial score (nSPS) is 14.9. The highest BCUT2D eigenvalue weighted by Gasteiger charge is 2.42. The number of carbonyl (C=O) groups excluding carboxylic acids is 4. The largest absolute Gasteiger partial charge is 0.292 e. The Balaban J connectivity index is 2.04. The molecule has 1 heterocycles. The van der Waals surface area contributed by atoms with E-state index in [4.69, 9.17) is 23.2 Å². The van der Waals surface area contributed by atoms with Crippen LogP contribution in [0, 0.1) is 0 Å². The molecule has 0 saturated carbocycles. The van der Waals surface area contributed by atoms with E-state index < -0.39 is 29.5 Å². The zero-order chi connectivity index (χ0) is 20.4. The second-order valence-corrected chi connectivity index (χ2v) is 7.12. The van der Waals surface area contributed by atoms with Crippen LogP contribution in [0.3, 0.4) is 0 Å². The zero-order valence-corrected chi connectivity index (χ0v) is 16.4. The third kappa shape index (κ3) is 3.79. The van der Waals surface area contributed by atoms with Crippen molar-refractivity contribution >= 4 is 46.7 Å². The zero-order valence-electron chi connectivity index (χ0n) is 14.9. The van der Waals surface area contributed by atoms with E-state index in [0.717, 1.165) is 10.0 Å². The average Bonchev–Trinajstić information content (AvgIpc) is 3.00. The van der Waals surface area contributed by atoms with Crippen LogP contribution in [-0.4, -0.2) is 39.6 Å². The first-order valence-electron chi connectivity index (χ1n) is 8.55. The van der Waals surface area contributed by atoms with E-state index in [9.17, 15) is 19.2 Å². The van der Waals surface area contributed by atoms with Crippen molar-refractivity contribution in [3.05, 3.63) is 69.7 Å². The lowest BCUT2D eigenvalue weighted by molar-refractivity contribution is -0.154. The first-order chi connectivity index (χ1) is 13.3. The maximum Gasteiger partial charge on any atom is 0.275 e. The van der Waals surface area contributed by atoms with Crippen molar-refractivity contribution in [2.24, 2.45) is 0 Å². The molecule has 2 aromatic carbocycles. The van der Waals surface area contributed by atoms with E-state index in [-0.39, 0.29) is 23.4 Å². The Hall–Kier alpha value is -2.70. The smallest absolute Gasteiger partial charge is 0.275 e. The number of amides is 3. The molecule has 1 aliphatic rings. The third-order valence-corrected chi connectivity index (χ3v) is 4.96. The lowest BCUT2D eigenvalue weighted by Gasteiger charge is -2.34. The molecule has 2 aromatic rings. The van der Waals surface area contributed by atoms with Gasteiger partial charge in [-0.25, -0.2) is 5.01 Å². The minimum atomic E-state index is -1.10. The maximum atomic E-state index is 13.2. The molecule has 0 aliphatic carbocycles. The number of hydrogen-bond donors (Lipinski definition) is 0. The molecule has 3 rings (SSSR count). The molecular formula is C20H16Cl2N2O4. The number of imide groups is 1. The van der Waals surface area contributed by atoms with Crippen molar-refractivity contribution in [2.75, 3.05) is 0 Å². The molecule has 8 heteroatoms. The monoisotopic (exact) mass is 418 g/mol. The Morgan fingerprint density at radius 1 is 1.00 bits per heavy atom. The number of carbonyl (C=O) groups is 4. The van der Waals surface area contributed by atoms with Gasteiger partial charge in [-0.15, -0.1) is 0 Å². The van der Waals surface area contributed by atoms with Gasteiger partial charge in [-0.3, -0.25) is 19.2 Å². The highest BCUT2D eigenvalue weighted by atomic mass is 35.5. The summed E-state index contributed by atoms with van der Waals surface area (Å²) in [6.45, 7) is 1.47. The van der Waals surface area contributed by atoms with Crippen LogP contribution in [0.15, 0.2) is 48.5 Å². The molecule has 6 nitrogen and oxygen atoms in total. The quantitative estimate of drug-likeness (QED) is 0.546. The summed E-state index contributed by atoms with van der Waals surface area (Å²) in [5, 5.41) is 2.02. The molecule has 0 N–H and O–H groups in total. The van der Waals surface area contributed by atoms with Crippen molar-refractivity contribution in [3.63, 3.8) is 0 Å². The average molecular weight is 419 g/mol. The van der Waals surface area contributed by atoms with Gasteiger partial charge < -0.3 is 0 Å². The van der Waals surface area contributed by atoms with Crippen LogP contribution < -0.4 is 0 Å². The van der Waals surface area contributed by atoms with Gasteiger partial charge in [0, 0.05) is 23.4 Å². The van der Waals surface area contributed by atoms with Crippen molar-refractivity contribution in [1.29, 1.82) is 0 Å². The molecule has 1 saturated heterocycles. The predicted molar refractivity (Wildman–Crippen MR) is 104 cm³/mol. The second kappa shape index (κ2) is 8.12. The van der Waals surface area contributed by atoms with Gasteiger partial charge in [0.15, 0.2) is 5.78 Å². The maximum absolute atomic E-state index is 13.2. The van der Waals surface area contributed by atoms with Crippen LogP contribution >= 0.6 is 23.2 Å². The minimum Gasteiger partial charge on any atom is -0.292 e. The van der Waals surface area contributed by atoms with Gasteiger partial charge in [0.05, 0.1) is 10.6 Å². The van der Waals surface area contributed by atoms with Crippen LogP contribution in [0.2, 0.25) is 10.0 Å². The summed E-state index contributed by atoms with van der Waals surface area (Å²) in [6, 6.07) is 11.5. The molecular weight excluding hydrogens is 403 g/mol. The molecule has 0 bridgehead atoms. The molecule has 28 heavy (non-hydrogen) atoms. The number of rotatable bonds is 5. The van der Waals surface area contributed by atoms with Gasteiger partial charge in [-0.1, -0.05) is 53.5 Å². The number of Topliss-reactive ketones (excluding diaryl/α,β-unsaturated/α-hetero) is 1. The summed E-state index contributed by atoms with van der Waals surface area (Å²) >= 11 is 12.0. The van der Waals surface area contributed by atoms with Gasteiger partial charge in [0.25, 0.3) is 5.91 Å². The van der Waals surface area contributed by atoms with Crippen molar-refractivity contribution in [3.8, 4) is 0 Å². The summed E-state index contributed by atoms with van der Waals surface area (Å²) < 4.78 is 0. The number of nitrogens with zero attached hydrogens (tertiary/aromatic N) is 2. The third-order valence-electron chi connectivity index (χ3n) is 4.41. The van der Waals surface area contributed by atoms with Crippen LogP contribution in [-0.2, 0) is 9.59 Å². The minimum absolute atomic E-state index is 0.0246. The lowest BCUT2D eigenvalue weighted by atomic mass is 10.0. The summed E-state index contributed by atoms with van der Waals surface area (Å²) in [4.78, 5) is 50.8. The molecule has 0 spiro atoms. The first kappa shape index (κ1) is 20.0. The molecule has 0 aromatic heterocycles. The van der Waals surface area contributed by atoms with E-state index in [1.54, 1.807) is 30.3 Å². The van der Waals surface area contributed by atoms with E-state index in [0.29, 0.717) is 10.6 Å². The van der Waals surface area contributed by atoms with Crippen LogP contribution in [0.25, 0.3) is 0 Å². The fraction of sp³-hybridized carbons (Fsp3) is 0.200. The van der Waals surface area contributed by atoms with Gasteiger partial charge in [0.2, 0.25) is 11.8 Å². The van der Waals surface area contributed by atoms with E-state index >= 15 is 0 Å². The lowest BCUT2D eigenvalue weighted by Crippen LogP contribution is -2.56. The van der Waals surface area contributed by atoms with Gasteiger partial charge in [-0.05, 0) is 25.1 Å². The highest BCUT2D eigenvalue weighted by Crippen LogP contribution is 2.27. The summed E-state index contributed by atoms with van der Waals surface area (Å²) in [5.41, 5.74) is 0.389. The van der Waals surface area contributed by atoms with Gasteiger partial charge in [-0.2, -0.15) is 5.01 Å². The Morgan fingerprint density at radius 3 is 2.18 bits per heavy atom. The van der Waals surface area contributed by atoms with E-state index in [2.05, 4.69) is 0 Å². The molecule has 3 amide bonds. The van der Waals surface area contributed by atoms with Crippen molar-refractivity contribution < 1.29 is 19.2 Å². The van der Waals surface area contributed by atoms with Crippen LogP contribution in [0.5, 0.6) is 0 Å². The Bertz CT molecular complexity index is 946. The SMILES string of the molecule is C[C@H](C(=O)c1ccccc1)N(C(=O)c1ccc(Cl)cc1Cl)N1C(=O)CCC1=O. The van der Waals surface area contributed by atoms with Crippen molar-refractivity contribution in [2.45, 2.75) is 25.8 Å². The standard InChI is InChI=1S/C20H16Cl2N2O4/c1-12(19(27)13-5-3-2-4-6-13)23(24-17(25)9-10-18(24)26)20(28)15-8-7-14(21)11-16(15)22/h2-8,11-12H,9-10H2,1H3/t12-/m1/s1. The molecule has 0 unspecified atom stereocenters. The Kier molecular flexibility index (Phi) is 5.82. The van der Waals surface area contributed by atoms with E-state index in [1.165, 1.54) is 25.1 Å². The molecule has 144 valence electrons. The summed E-state index contributed by atoms with van der Waals surface area (Å²) in [7, 11) is 0. The van der Waals surface area contributed by atoms with Crippen LogP contribution in [0.1, 0.15) is 40.5 Å². The fourth-order valence-corrected chi connectivity index (χ4v) is 3.48. The summed E-state index contributed by atoms with van der Waals surface area (Å²) in [5.74, 6) is -2.24. The fourth-order valence-electron chi connectivity index (χ4n) is 2.99. The second-order valence-electron chi connectivity index (χ2n) is 6.28. The first-order valence-corrected chi connectivity index (χ1v) is 9.30. The van der Waals surface area contributed by atoms with Crippen LogP contribution in [0.4, 0.5) is 0 Å².